The third-order valence-corrected chi connectivity index (χ3v) is 2.30. The quantitative estimate of drug-likeness (QED) is 0.750. The number of hydrogen-bond acceptors (Lipinski definition) is 5. The first-order chi connectivity index (χ1) is 8.08. The number of carbonyl (C=O) groups is 1. The average Bonchev–Trinajstić information content (AvgIpc) is 2.78. The fourth-order valence-corrected chi connectivity index (χ4v) is 1.24. The smallest absolute Gasteiger partial charge is 0.330 e. The molecule has 0 aliphatic carbocycles. The Morgan fingerprint density at radius 2 is 2.06 bits per heavy atom. The molecule has 0 amide bonds. The van der Waals surface area contributed by atoms with E-state index in [1.807, 2.05) is 0 Å². The van der Waals surface area contributed by atoms with Gasteiger partial charge >= 0.3 is 5.97 Å². The van der Waals surface area contributed by atoms with Crippen molar-refractivity contribution < 1.29 is 9.90 Å². The second-order valence-corrected chi connectivity index (χ2v) is 3.57. The molecule has 7 nitrogen and oxygen atoms in total. The van der Waals surface area contributed by atoms with Crippen LogP contribution in [0.3, 0.4) is 0 Å². The number of nitrogens with zero attached hydrogens (tertiary/aromatic N) is 4. The second kappa shape index (κ2) is 4.20. The summed E-state index contributed by atoms with van der Waals surface area (Å²) >= 11 is 0. The number of aliphatic carboxylic acids is 1. The summed E-state index contributed by atoms with van der Waals surface area (Å²) in [6, 6.07) is 6.10. The molecule has 1 unspecified atom stereocenters. The maximum atomic E-state index is 10.7. The van der Waals surface area contributed by atoms with Crippen molar-refractivity contribution in [1.82, 2.24) is 20.2 Å². The van der Waals surface area contributed by atoms with E-state index in [4.69, 9.17) is 10.8 Å². The highest BCUT2D eigenvalue weighted by Crippen LogP contribution is 2.16. The van der Waals surface area contributed by atoms with Gasteiger partial charge in [0.25, 0.3) is 0 Å². The number of nitrogen functional groups attached to an aromatic ring is 1. The number of tetrazole rings is 1. The topological polar surface area (TPSA) is 107 Å². The summed E-state index contributed by atoms with van der Waals surface area (Å²) < 4.78 is 0. The van der Waals surface area contributed by atoms with E-state index in [0.717, 1.165) is 10.4 Å². The van der Waals surface area contributed by atoms with Gasteiger partial charge in [0.05, 0.1) is 0 Å². The Labute approximate surface area is 96.9 Å². The van der Waals surface area contributed by atoms with Crippen molar-refractivity contribution in [3.8, 4) is 11.4 Å². The summed E-state index contributed by atoms with van der Waals surface area (Å²) in [6.45, 7) is 1.48. The SMILES string of the molecule is CC(C(=O)O)n1nnc(-c2ccc(N)cc2)n1. The van der Waals surface area contributed by atoms with Crippen LogP contribution < -0.4 is 5.73 Å². The highest BCUT2D eigenvalue weighted by atomic mass is 16.4. The van der Waals surface area contributed by atoms with Crippen molar-refractivity contribution >= 4 is 11.7 Å². The van der Waals surface area contributed by atoms with Gasteiger partial charge in [0.15, 0.2) is 6.04 Å². The molecule has 0 saturated heterocycles. The third-order valence-electron chi connectivity index (χ3n) is 2.30. The first kappa shape index (κ1) is 11.1. The van der Waals surface area contributed by atoms with E-state index in [1.165, 1.54) is 6.92 Å². The summed E-state index contributed by atoms with van der Waals surface area (Å²) in [4.78, 5) is 11.8. The number of nitrogens with two attached hydrogens (primary N) is 1. The van der Waals surface area contributed by atoms with Crippen molar-refractivity contribution in [1.29, 1.82) is 0 Å². The van der Waals surface area contributed by atoms with E-state index in [9.17, 15) is 4.79 Å². The lowest BCUT2D eigenvalue weighted by molar-refractivity contribution is -0.141. The van der Waals surface area contributed by atoms with Crippen LogP contribution in [-0.2, 0) is 4.79 Å². The lowest BCUT2D eigenvalue weighted by Gasteiger charge is -2.01. The average molecular weight is 233 g/mol. The molecular formula is C10H11N5O2. The first-order valence-electron chi connectivity index (χ1n) is 4.96. The van der Waals surface area contributed by atoms with Gasteiger partial charge in [-0.2, -0.15) is 0 Å². The number of anilines is 1. The Kier molecular flexibility index (Phi) is 2.73. The second-order valence-electron chi connectivity index (χ2n) is 3.57. The van der Waals surface area contributed by atoms with Crippen LogP contribution in [-0.4, -0.2) is 31.3 Å². The van der Waals surface area contributed by atoms with Crippen LogP contribution in [0.5, 0.6) is 0 Å². The molecule has 0 aliphatic rings. The summed E-state index contributed by atoms with van der Waals surface area (Å²) in [5.74, 6) is -0.635. The summed E-state index contributed by atoms with van der Waals surface area (Å²) in [5.41, 5.74) is 6.94. The number of carboxylic acid groups (broad SMARTS) is 1. The standard InChI is InChI=1S/C10H11N5O2/c1-6(10(16)17)15-13-9(12-14-15)7-2-4-8(11)5-3-7/h2-6H,11H2,1H3,(H,16,17). The Morgan fingerprint density at radius 3 is 2.65 bits per heavy atom. The molecule has 1 heterocycles. The van der Waals surface area contributed by atoms with E-state index in [1.54, 1.807) is 24.3 Å². The molecule has 0 bridgehead atoms. The van der Waals surface area contributed by atoms with Gasteiger partial charge < -0.3 is 10.8 Å². The molecule has 0 aliphatic heterocycles. The largest absolute Gasteiger partial charge is 0.480 e. The fraction of sp³-hybridized carbons (Fsp3) is 0.200. The zero-order chi connectivity index (χ0) is 12.4. The number of aromatic nitrogens is 4. The molecule has 0 radical (unpaired) electrons. The summed E-state index contributed by atoms with van der Waals surface area (Å²) in [6.07, 6.45) is 0. The van der Waals surface area contributed by atoms with E-state index in [2.05, 4.69) is 15.4 Å². The van der Waals surface area contributed by atoms with Gasteiger partial charge in [-0.25, -0.2) is 4.79 Å². The Bertz CT molecular complexity index is 534. The van der Waals surface area contributed by atoms with Crippen LogP contribution in [0.4, 0.5) is 5.69 Å². The number of benzene rings is 1. The number of carboxylic acids is 1. The van der Waals surface area contributed by atoms with E-state index >= 15 is 0 Å². The summed E-state index contributed by atoms with van der Waals surface area (Å²) in [5, 5.41) is 20.3. The Balaban J connectivity index is 2.29. The van der Waals surface area contributed by atoms with Crippen molar-refractivity contribution in [2.24, 2.45) is 0 Å². The molecular weight excluding hydrogens is 222 g/mol. The van der Waals surface area contributed by atoms with Gasteiger partial charge in [-0.1, -0.05) is 0 Å². The van der Waals surface area contributed by atoms with Crippen molar-refractivity contribution in [2.45, 2.75) is 13.0 Å². The Hall–Kier alpha value is -2.44. The lowest BCUT2D eigenvalue weighted by atomic mass is 10.2. The molecule has 2 rings (SSSR count). The minimum atomic E-state index is -1.01. The molecule has 3 N–H and O–H groups in total. The highest BCUT2D eigenvalue weighted by Gasteiger charge is 2.17. The van der Waals surface area contributed by atoms with Gasteiger partial charge in [-0.05, 0) is 36.4 Å². The Morgan fingerprint density at radius 1 is 1.41 bits per heavy atom. The predicted octanol–water partition coefficient (Wildman–Crippen LogP) is 0.568. The lowest BCUT2D eigenvalue weighted by Crippen LogP contribution is -2.18. The highest BCUT2D eigenvalue weighted by molar-refractivity contribution is 5.71. The van der Waals surface area contributed by atoms with Gasteiger partial charge in [0, 0.05) is 11.3 Å². The summed E-state index contributed by atoms with van der Waals surface area (Å²) in [7, 11) is 0. The molecule has 2 aromatic rings. The molecule has 1 aromatic heterocycles. The maximum Gasteiger partial charge on any atom is 0.330 e. The fourth-order valence-electron chi connectivity index (χ4n) is 1.24. The van der Waals surface area contributed by atoms with Crippen LogP contribution >= 0.6 is 0 Å². The van der Waals surface area contributed by atoms with Crippen LogP contribution in [0.2, 0.25) is 0 Å². The molecule has 88 valence electrons. The molecule has 1 atom stereocenters. The van der Waals surface area contributed by atoms with E-state index in [-0.39, 0.29) is 0 Å². The molecule has 17 heavy (non-hydrogen) atoms. The molecule has 1 aromatic carbocycles. The van der Waals surface area contributed by atoms with Crippen LogP contribution in [0, 0.1) is 0 Å². The van der Waals surface area contributed by atoms with Crippen LogP contribution in [0.25, 0.3) is 11.4 Å². The zero-order valence-corrected chi connectivity index (χ0v) is 9.11. The van der Waals surface area contributed by atoms with Crippen molar-refractivity contribution in [2.75, 3.05) is 5.73 Å². The van der Waals surface area contributed by atoms with Crippen molar-refractivity contribution in [3.05, 3.63) is 24.3 Å². The molecule has 0 spiro atoms. The zero-order valence-electron chi connectivity index (χ0n) is 9.11. The van der Waals surface area contributed by atoms with Gasteiger partial charge in [0.2, 0.25) is 5.82 Å². The minimum absolute atomic E-state index is 0.373. The first-order valence-corrected chi connectivity index (χ1v) is 4.96. The number of hydrogen-bond donors (Lipinski definition) is 2. The molecule has 0 fully saturated rings. The monoisotopic (exact) mass is 233 g/mol. The van der Waals surface area contributed by atoms with Crippen LogP contribution in [0.1, 0.15) is 13.0 Å². The van der Waals surface area contributed by atoms with Gasteiger partial charge in [-0.15, -0.1) is 15.0 Å². The molecule has 7 heteroatoms. The van der Waals surface area contributed by atoms with Crippen molar-refractivity contribution in [3.63, 3.8) is 0 Å². The van der Waals surface area contributed by atoms with E-state index in [0.29, 0.717) is 11.5 Å². The third kappa shape index (κ3) is 2.22. The molecule has 0 saturated carbocycles. The number of rotatable bonds is 3. The minimum Gasteiger partial charge on any atom is -0.480 e. The van der Waals surface area contributed by atoms with Gasteiger partial charge in [0.1, 0.15) is 0 Å². The van der Waals surface area contributed by atoms with E-state index < -0.39 is 12.0 Å². The van der Waals surface area contributed by atoms with Gasteiger partial charge in [-0.3, -0.25) is 0 Å². The normalized spacial score (nSPS) is 12.3. The predicted molar refractivity (Wildman–Crippen MR) is 60.0 cm³/mol. The van der Waals surface area contributed by atoms with Crippen LogP contribution in [0.15, 0.2) is 24.3 Å². The maximum absolute atomic E-state index is 10.7.